The summed E-state index contributed by atoms with van der Waals surface area (Å²) >= 11 is 6.48. The van der Waals surface area contributed by atoms with Crippen molar-refractivity contribution >= 4 is 23.3 Å². The molecule has 148 valence electrons. The molecule has 1 fully saturated rings. The summed E-state index contributed by atoms with van der Waals surface area (Å²) in [5.41, 5.74) is 5.26. The molecule has 1 N–H and O–H groups in total. The molecule has 7 heteroatoms. The van der Waals surface area contributed by atoms with Crippen LogP contribution < -0.4 is 21.3 Å². The number of benzene rings is 3. The molecule has 0 bridgehead atoms. The second-order valence-electron chi connectivity index (χ2n) is 6.92. The maximum atomic E-state index is 12.7. The number of nitrogens with one attached hydrogen (secondary N) is 1. The fraction of sp³-hybridized carbons (Fsp3) is 0.0870. The lowest BCUT2D eigenvalue weighted by Crippen LogP contribution is -2.29. The smallest absolute Gasteiger partial charge is 0.345 e. The van der Waals surface area contributed by atoms with E-state index in [0.29, 0.717) is 28.2 Å². The Labute approximate surface area is 177 Å². The Morgan fingerprint density at radius 2 is 1.63 bits per heavy atom. The quantitative estimate of drug-likeness (QED) is 0.650. The standard InChI is InChI=1S/C23H17ClN4O2/c24-17-11-5-4-10-16(17)20-14-21(26-19-13-7-6-12-18(19)25-20)22-23(29)30-27-28(22)15-8-2-1-3-9-15/h1-13,20,27H,14H2/b22-21+. The summed E-state index contributed by atoms with van der Waals surface area (Å²) < 4.78 is 0. The average Bonchev–Trinajstić information content (AvgIpc) is 3.05. The van der Waals surface area contributed by atoms with E-state index in [1.807, 2.05) is 78.9 Å². The molecule has 1 saturated heterocycles. The van der Waals surface area contributed by atoms with Gasteiger partial charge in [0.25, 0.3) is 0 Å². The minimum absolute atomic E-state index is 0.292. The molecular formula is C23H17ClN4O2. The zero-order chi connectivity index (χ0) is 20.5. The van der Waals surface area contributed by atoms with Crippen molar-refractivity contribution in [1.29, 1.82) is 0 Å². The number of halogens is 1. The zero-order valence-corrected chi connectivity index (χ0v) is 16.6. The molecule has 0 aliphatic carbocycles. The van der Waals surface area contributed by atoms with Gasteiger partial charge in [-0.1, -0.05) is 65.7 Å². The van der Waals surface area contributed by atoms with Crippen LogP contribution in [0, 0.1) is 0 Å². The Balaban J connectivity index is 1.73. The van der Waals surface area contributed by atoms with E-state index in [4.69, 9.17) is 26.4 Å². The third-order valence-corrected chi connectivity index (χ3v) is 5.36. The van der Waals surface area contributed by atoms with E-state index in [2.05, 4.69) is 5.59 Å². The molecule has 0 saturated carbocycles. The molecule has 5 rings (SSSR count). The SMILES string of the molecule is O=C1ONN(c2ccccc2)/C1=C1\CC(c2ccccc2Cl)N=c2ccccc2=N1. The van der Waals surface area contributed by atoms with Crippen LogP contribution in [0.4, 0.5) is 5.69 Å². The lowest BCUT2D eigenvalue weighted by Gasteiger charge is -2.18. The summed E-state index contributed by atoms with van der Waals surface area (Å²) in [6, 6.07) is 24.4. The van der Waals surface area contributed by atoms with E-state index < -0.39 is 5.97 Å². The second-order valence-corrected chi connectivity index (χ2v) is 7.33. The Morgan fingerprint density at radius 3 is 2.43 bits per heavy atom. The molecule has 3 aromatic carbocycles. The molecule has 30 heavy (non-hydrogen) atoms. The van der Waals surface area contributed by atoms with Gasteiger partial charge >= 0.3 is 5.97 Å². The first kappa shape index (κ1) is 18.5. The van der Waals surface area contributed by atoms with Gasteiger partial charge in [0.15, 0.2) is 5.70 Å². The van der Waals surface area contributed by atoms with Crippen LogP contribution in [0.25, 0.3) is 0 Å². The Bertz CT molecular complexity index is 1270. The van der Waals surface area contributed by atoms with Crippen LogP contribution in [0.5, 0.6) is 0 Å². The van der Waals surface area contributed by atoms with Gasteiger partial charge in [0.2, 0.25) is 0 Å². The highest BCUT2D eigenvalue weighted by atomic mass is 35.5. The minimum Gasteiger partial charge on any atom is -0.345 e. The zero-order valence-electron chi connectivity index (χ0n) is 15.8. The Morgan fingerprint density at radius 1 is 0.933 bits per heavy atom. The predicted molar refractivity (Wildman–Crippen MR) is 113 cm³/mol. The predicted octanol–water partition coefficient (Wildman–Crippen LogP) is 3.42. The molecule has 1 atom stereocenters. The van der Waals surface area contributed by atoms with Gasteiger partial charge in [-0.2, -0.15) is 0 Å². The van der Waals surface area contributed by atoms with Crippen molar-refractivity contribution in [2.24, 2.45) is 9.98 Å². The number of anilines is 1. The van der Waals surface area contributed by atoms with Gasteiger partial charge in [0.05, 0.1) is 28.1 Å². The van der Waals surface area contributed by atoms with Crippen molar-refractivity contribution in [3.63, 3.8) is 0 Å². The average molecular weight is 417 g/mol. The lowest BCUT2D eigenvalue weighted by atomic mass is 10.0. The highest BCUT2D eigenvalue weighted by molar-refractivity contribution is 6.31. The van der Waals surface area contributed by atoms with Gasteiger partial charge in [-0.05, 0) is 35.9 Å². The molecule has 2 aliphatic heterocycles. The minimum atomic E-state index is -0.491. The summed E-state index contributed by atoms with van der Waals surface area (Å²) in [6.45, 7) is 0. The fourth-order valence-electron chi connectivity index (χ4n) is 3.61. The van der Waals surface area contributed by atoms with Crippen LogP contribution in [0.1, 0.15) is 18.0 Å². The molecule has 2 heterocycles. The number of para-hydroxylation sites is 3. The summed E-state index contributed by atoms with van der Waals surface area (Å²) in [7, 11) is 0. The molecule has 1 unspecified atom stereocenters. The fourth-order valence-corrected chi connectivity index (χ4v) is 3.87. The van der Waals surface area contributed by atoms with Crippen LogP contribution in [0.15, 0.2) is 100 Å². The molecule has 2 aliphatic rings. The molecule has 0 radical (unpaired) electrons. The van der Waals surface area contributed by atoms with Gasteiger partial charge in [0, 0.05) is 11.4 Å². The third kappa shape index (κ3) is 3.36. The highest BCUT2D eigenvalue weighted by Crippen LogP contribution is 2.34. The van der Waals surface area contributed by atoms with Crippen molar-refractivity contribution in [3.05, 3.63) is 112 Å². The highest BCUT2D eigenvalue weighted by Gasteiger charge is 2.34. The number of rotatable bonds is 2. The van der Waals surface area contributed by atoms with E-state index in [0.717, 1.165) is 16.6 Å². The van der Waals surface area contributed by atoms with E-state index in [1.165, 1.54) is 0 Å². The van der Waals surface area contributed by atoms with Gasteiger partial charge in [-0.15, -0.1) is 0 Å². The number of hydrazine groups is 1. The number of carbonyl (C=O) groups is 1. The van der Waals surface area contributed by atoms with Crippen molar-refractivity contribution < 1.29 is 9.63 Å². The van der Waals surface area contributed by atoms with E-state index >= 15 is 0 Å². The number of carbonyl (C=O) groups excluding carboxylic acids is 1. The lowest BCUT2D eigenvalue weighted by molar-refractivity contribution is -0.140. The first-order chi connectivity index (χ1) is 14.7. The topological polar surface area (TPSA) is 66.3 Å². The molecule has 0 amide bonds. The van der Waals surface area contributed by atoms with Crippen molar-refractivity contribution in [2.75, 3.05) is 5.01 Å². The first-order valence-corrected chi connectivity index (χ1v) is 9.90. The van der Waals surface area contributed by atoms with Crippen LogP contribution in [-0.4, -0.2) is 5.97 Å². The number of hydrogen-bond acceptors (Lipinski definition) is 6. The van der Waals surface area contributed by atoms with Crippen molar-refractivity contribution in [2.45, 2.75) is 12.5 Å². The largest absolute Gasteiger partial charge is 0.378 e. The molecule has 6 nitrogen and oxygen atoms in total. The van der Waals surface area contributed by atoms with E-state index in [-0.39, 0.29) is 6.04 Å². The Hall–Kier alpha value is -3.48. The summed E-state index contributed by atoms with van der Waals surface area (Å²) in [4.78, 5) is 27.6. The normalized spacial score (nSPS) is 20.6. The van der Waals surface area contributed by atoms with Crippen molar-refractivity contribution in [1.82, 2.24) is 5.59 Å². The van der Waals surface area contributed by atoms with Crippen LogP contribution in [0.2, 0.25) is 5.02 Å². The van der Waals surface area contributed by atoms with Gasteiger partial charge < -0.3 is 4.84 Å². The molecule has 0 aromatic heterocycles. The monoisotopic (exact) mass is 416 g/mol. The van der Waals surface area contributed by atoms with E-state index in [9.17, 15) is 4.79 Å². The van der Waals surface area contributed by atoms with Crippen molar-refractivity contribution in [3.8, 4) is 0 Å². The third-order valence-electron chi connectivity index (χ3n) is 5.02. The number of fused-ring (bicyclic) bond motifs is 1. The molecule has 0 spiro atoms. The van der Waals surface area contributed by atoms with Crippen LogP contribution >= 0.6 is 11.6 Å². The van der Waals surface area contributed by atoms with Gasteiger partial charge in [-0.3, -0.25) is 4.99 Å². The summed E-state index contributed by atoms with van der Waals surface area (Å²) in [5, 5.41) is 3.69. The first-order valence-electron chi connectivity index (χ1n) is 9.52. The van der Waals surface area contributed by atoms with Crippen LogP contribution in [-0.2, 0) is 9.63 Å². The maximum absolute atomic E-state index is 12.7. The maximum Gasteiger partial charge on any atom is 0.378 e. The van der Waals surface area contributed by atoms with Gasteiger partial charge in [0.1, 0.15) is 0 Å². The number of nitrogens with zero attached hydrogens (tertiary/aromatic N) is 3. The summed E-state index contributed by atoms with van der Waals surface area (Å²) in [5.74, 6) is -0.491. The summed E-state index contributed by atoms with van der Waals surface area (Å²) in [6.07, 6.45) is 0.397. The Kier molecular flexibility index (Phi) is 4.78. The van der Waals surface area contributed by atoms with Gasteiger partial charge in [-0.25, -0.2) is 14.8 Å². The number of hydrogen-bond donors (Lipinski definition) is 1. The van der Waals surface area contributed by atoms with Crippen LogP contribution in [0.3, 0.4) is 0 Å². The molecule has 3 aromatic rings. The second kappa shape index (κ2) is 7.74. The van der Waals surface area contributed by atoms with E-state index in [1.54, 1.807) is 5.01 Å². The molecular weight excluding hydrogens is 400 g/mol.